The molecule has 0 spiro atoms. The fourth-order valence-corrected chi connectivity index (χ4v) is 1.18. The summed E-state index contributed by atoms with van der Waals surface area (Å²) < 4.78 is 1.88. The van der Waals surface area contributed by atoms with Crippen LogP contribution in [0.25, 0.3) is 0 Å². The maximum absolute atomic E-state index is 11.5. The summed E-state index contributed by atoms with van der Waals surface area (Å²) in [7, 11) is 0. The van der Waals surface area contributed by atoms with E-state index in [1.54, 1.807) is 6.20 Å². The van der Waals surface area contributed by atoms with Gasteiger partial charge in [-0.25, -0.2) is 4.98 Å². The van der Waals surface area contributed by atoms with Crippen molar-refractivity contribution in [1.29, 1.82) is 0 Å². The summed E-state index contributed by atoms with van der Waals surface area (Å²) in [6, 6.07) is 0. The fraction of sp³-hybridized carbons (Fsp3) is 0.556. The highest BCUT2D eigenvalue weighted by atomic mass is 79.9. The van der Waals surface area contributed by atoms with Crippen LogP contribution in [-0.4, -0.2) is 20.3 Å². The van der Waals surface area contributed by atoms with Gasteiger partial charge in [-0.3, -0.25) is 10.1 Å². The minimum Gasteiger partial charge on any atom is -0.317 e. The van der Waals surface area contributed by atoms with Crippen LogP contribution in [0.1, 0.15) is 20.3 Å². The third-order valence-electron chi connectivity index (χ3n) is 1.93. The second kappa shape index (κ2) is 5.14. The second-order valence-electron chi connectivity index (χ2n) is 2.90. The summed E-state index contributed by atoms with van der Waals surface area (Å²) in [6.07, 6.45) is 4.28. The molecule has 0 aliphatic heterocycles. The van der Waals surface area contributed by atoms with Crippen LogP contribution in [0.2, 0.25) is 0 Å². The van der Waals surface area contributed by atoms with Crippen LogP contribution in [0, 0.1) is 0 Å². The van der Waals surface area contributed by atoms with Crippen molar-refractivity contribution in [2.45, 2.75) is 31.6 Å². The third kappa shape index (κ3) is 2.57. The van der Waals surface area contributed by atoms with E-state index in [9.17, 15) is 4.79 Å². The average Bonchev–Trinajstić information content (AvgIpc) is 2.63. The number of aromatic nitrogens is 2. The molecule has 0 radical (unpaired) electrons. The Morgan fingerprint density at radius 1 is 1.71 bits per heavy atom. The minimum absolute atomic E-state index is 0.0478. The van der Waals surface area contributed by atoms with Crippen LogP contribution in [0.5, 0.6) is 0 Å². The molecule has 1 aromatic rings. The molecule has 0 bridgehead atoms. The number of halogens is 1. The van der Waals surface area contributed by atoms with Gasteiger partial charge in [-0.05, 0) is 13.3 Å². The molecule has 0 aliphatic rings. The lowest BCUT2D eigenvalue weighted by atomic mass is 10.3. The predicted molar refractivity (Wildman–Crippen MR) is 59.5 cm³/mol. The lowest BCUT2D eigenvalue weighted by molar-refractivity contribution is -0.115. The van der Waals surface area contributed by atoms with Crippen LogP contribution >= 0.6 is 15.9 Å². The number of rotatable bonds is 4. The first-order chi connectivity index (χ1) is 6.69. The molecule has 0 aliphatic carbocycles. The first-order valence-corrected chi connectivity index (χ1v) is 5.56. The number of aryl methyl sites for hydroxylation is 1. The van der Waals surface area contributed by atoms with Gasteiger partial charge in [-0.1, -0.05) is 22.9 Å². The van der Waals surface area contributed by atoms with Crippen LogP contribution in [0.15, 0.2) is 12.4 Å². The van der Waals surface area contributed by atoms with E-state index >= 15 is 0 Å². The lowest BCUT2D eigenvalue weighted by Crippen LogP contribution is -2.23. The Bertz CT molecular complexity index is 311. The predicted octanol–water partition coefficient (Wildman–Crippen LogP) is 2.01. The average molecular weight is 260 g/mol. The first kappa shape index (κ1) is 11.2. The molecule has 0 aromatic carbocycles. The summed E-state index contributed by atoms with van der Waals surface area (Å²) in [6.45, 7) is 4.75. The highest BCUT2D eigenvalue weighted by molar-refractivity contribution is 9.10. The van der Waals surface area contributed by atoms with Gasteiger partial charge in [0.1, 0.15) is 0 Å². The summed E-state index contributed by atoms with van der Waals surface area (Å²) >= 11 is 3.29. The zero-order valence-corrected chi connectivity index (χ0v) is 9.91. The highest BCUT2D eigenvalue weighted by Crippen LogP contribution is 2.09. The van der Waals surface area contributed by atoms with Crippen molar-refractivity contribution in [2.75, 3.05) is 5.32 Å². The maximum Gasteiger partial charge on any atom is 0.240 e. The molecule has 4 nitrogen and oxygen atoms in total. The molecule has 0 saturated carbocycles. The van der Waals surface area contributed by atoms with Crippen molar-refractivity contribution in [1.82, 2.24) is 9.55 Å². The van der Waals surface area contributed by atoms with Gasteiger partial charge in [0.05, 0.1) is 4.83 Å². The quantitative estimate of drug-likeness (QED) is 0.842. The molecule has 1 N–H and O–H groups in total. The van der Waals surface area contributed by atoms with Gasteiger partial charge < -0.3 is 4.57 Å². The molecule has 14 heavy (non-hydrogen) atoms. The molecule has 1 amide bonds. The Labute approximate surface area is 91.8 Å². The standard InChI is InChI=1S/C9H14BrN3O/c1-3-7(10)8(14)12-9-11-5-6-13(9)4-2/h5-7H,3-4H2,1-2H3,(H,11,12,14). The molecular weight excluding hydrogens is 246 g/mol. The number of nitrogens with one attached hydrogen (secondary N) is 1. The number of carbonyl (C=O) groups excluding carboxylic acids is 1. The van der Waals surface area contributed by atoms with Gasteiger partial charge >= 0.3 is 0 Å². The SMILES string of the molecule is CCC(Br)C(=O)Nc1nccn1CC. The Balaban J connectivity index is 2.64. The van der Waals surface area contributed by atoms with E-state index in [0.29, 0.717) is 5.95 Å². The molecule has 1 atom stereocenters. The van der Waals surface area contributed by atoms with E-state index in [4.69, 9.17) is 0 Å². The van der Waals surface area contributed by atoms with Gasteiger partial charge in [-0.15, -0.1) is 0 Å². The van der Waals surface area contributed by atoms with Crippen LogP contribution in [0.3, 0.4) is 0 Å². The van der Waals surface area contributed by atoms with Crippen LogP contribution < -0.4 is 5.32 Å². The number of amides is 1. The smallest absolute Gasteiger partial charge is 0.240 e. The van der Waals surface area contributed by atoms with Gasteiger partial charge in [0.25, 0.3) is 0 Å². The van der Waals surface area contributed by atoms with Gasteiger partial charge in [0.15, 0.2) is 0 Å². The number of carbonyl (C=O) groups is 1. The molecule has 78 valence electrons. The largest absolute Gasteiger partial charge is 0.317 e. The lowest BCUT2D eigenvalue weighted by Gasteiger charge is -2.09. The van der Waals surface area contributed by atoms with E-state index in [1.165, 1.54) is 0 Å². The van der Waals surface area contributed by atoms with E-state index in [2.05, 4.69) is 26.2 Å². The number of hydrogen-bond donors (Lipinski definition) is 1. The normalized spacial score (nSPS) is 12.5. The van der Waals surface area contributed by atoms with Crippen molar-refractivity contribution in [3.8, 4) is 0 Å². The van der Waals surface area contributed by atoms with Gasteiger partial charge in [0.2, 0.25) is 11.9 Å². The molecule has 1 aromatic heterocycles. The highest BCUT2D eigenvalue weighted by Gasteiger charge is 2.14. The van der Waals surface area contributed by atoms with Gasteiger partial charge in [0, 0.05) is 18.9 Å². The van der Waals surface area contributed by atoms with E-state index in [1.807, 2.05) is 24.6 Å². The fourth-order valence-electron chi connectivity index (χ4n) is 1.06. The third-order valence-corrected chi connectivity index (χ3v) is 3.00. The number of anilines is 1. The Hall–Kier alpha value is -0.840. The number of hydrogen-bond acceptors (Lipinski definition) is 2. The van der Waals surface area contributed by atoms with Crippen LogP contribution in [-0.2, 0) is 11.3 Å². The molecule has 5 heteroatoms. The monoisotopic (exact) mass is 259 g/mol. The minimum atomic E-state index is -0.149. The molecule has 1 rings (SSSR count). The number of nitrogens with zero attached hydrogens (tertiary/aromatic N) is 2. The Morgan fingerprint density at radius 3 is 3.00 bits per heavy atom. The summed E-state index contributed by atoms with van der Waals surface area (Å²) in [5.74, 6) is 0.559. The molecule has 1 unspecified atom stereocenters. The van der Waals surface area contributed by atoms with Crippen molar-refractivity contribution in [2.24, 2.45) is 0 Å². The van der Waals surface area contributed by atoms with Crippen molar-refractivity contribution in [3.63, 3.8) is 0 Å². The molecule has 1 heterocycles. The summed E-state index contributed by atoms with van der Waals surface area (Å²) in [5, 5.41) is 2.76. The van der Waals surface area contributed by atoms with Crippen LogP contribution in [0.4, 0.5) is 5.95 Å². The van der Waals surface area contributed by atoms with E-state index in [-0.39, 0.29) is 10.7 Å². The maximum atomic E-state index is 11.5. The number of imidazole rings is 1. The molecule has 0 saturated heterocycles. The summed E-state index contributed by atoms with van der Waals surface area (Å²) in [4.78, 5) is 15.4. The Kier molecular flexibility index (Phi) is 4.13. The van der Waals surface area contributed by atoms with Crippen molar-refractivity contribution >= 4 is 27.8 Å². The number of alkyl halides is 1. The topological polar surface area (TPSA) is 46.9 Å². The second-order valence-corrected chi connectivity index (χ2v) is 4.01. The molecule has 0 fully saturated rings. The summed E-state index contributed by atoms with van der Waals surface area (Å²) in [5.41, 5.74) is 0. The first-order valence-electron chi connectivity index (χ1n) is 4.65. The van der Waals surface area contributed by atoms with Crippen molar-refractivity contribution < 1.29 is 4.79 Å². The van der Waals surface area contributed by atoms with Crippen molar-refractivity contribution in [3.05, 3.63) is 12.4 Å². The zero-order chi connectivity index (χ0) is 10.6. The zero-order valence-electron chi connectivity index (χ0n) is 8.33. The Morgan fingerprint density at radius 2 is 2.43 bits per heavy atom. The van der Waals surface area contributed by atoms with Gasteiger partial charge in [-0.2, -0.15) is 0 Å². The molecular formula is C9H14BrN3O. The van der Waals surface area contributed by atoms with E-state index in [0.717, 1.165) is 13.0 Å². The van der Waals surface area contributed by atoms with E-state index < -0.39 is 0 Å².